The number of ether oxygens (including phenoxy) is 2. The minimum atomic E-state index is -0.272. The van der Waals surface area contributed by atoms with Crippen molar-refractivity contribution < 1.29 is 19.0 Å². The third-order valence-corrected chi connectivity index (χ3v) is 3.57. The van der Waals surface area contributed by atoms with Crippen molar-refractivity contribution in [1.82, 2.24) is 10.7 Å². The molecule has 26 heavy (non-hydrogen) atoms. The van der Waals surface area contributed by atoms with E-state index in [1.54, 1.807) is 31.5 Å². The molecule has 2 aromatic rings. The quantitative estimate of drug-likeness (QED) is 0.283. The van der Waals surface area contributed by atoms with E-state index in [2.05, 4.69) is 22.4 Å². The molecule has 2 rings (SSSR count). The van der Waals surface area contributed by atoms with Crippen molar-refractivity contribution in [1.29, 1.82) is 0 Å². The Labute approximate surface area is 157 Å². The summed E-state index contributed by atoms with van der Waals surface area (Å²) >= 11 is 5.07. The molecule has 0 saturated heterocycles. The Morgan fingerprint density at radius 3 is 2.69 bits per heavy atom. The Morgan fingerprint density at radius 2 is 2.00 bits per heavy atom. The molecular weight excluding hydrogens is 353 g/mol. The first-order chi connectivity index (χ1) is 12.6. The molecule has 0 saturated carbocycles. The average molecular weight is 374 g/mol. The topological polar surface area (TPSA) is 56.5 Å². The third-order valence-electron chi connectivity index (χ3n) is 3.33. The molecular formula is C19H21FN3O2S+. The van der Waals surface area contributed by atoms with Gasteiger partial charge in [0.2, 0.25) is 5.11 Å². The summed E-state index contributed by atoms with van der Waals surface area (Å²) < 4.78 is 24.1. The van der Waals surface area contributed by atoms with Crippen molar-refractivity contribution in [3.8, 4) is 11.5 Å². The smallest absolute Gasteiger partial charge is 0.224 e. The van der Waals surface area contributed by atoms with Gasteiger partial charge in [-0.15, -0.1) is 17.1 Å². The minimum Gasteiger partial charge on any atom is -0.493 e. The van der Waals surface area contributed by atoms with E-state index >= 15 is 0 Å². The predicted molar refractivity (Wildman–Crippen MR) is 104 cm³/mol. The van der Waals surface area contributed by atoms with Crippen LogP contribution < -0.4 is 25.3 Å². The highest BCUT2D eigenvalue weighted by Crippen LogP contribution is 2.28. The van der Waals surface area contributed by atoms with Crippen LogP contribution in [0, 0.1) is 5.82 Å². The fraction of sp³-hybridized carbons (Fsp3) is 0.158. The number of nitrogens with one attached hydrogen (secondary N) is 3. The van der Waals surface area contributed by atoms with Crippen LogP contribution in [-0.4, -0.2) is 25.0 Å². The fourth-order valence-corrected chi connectivity index (χ4v) is 2.17. The van der Waals surface area contributed by atoms with Crippen molar-refractivity contribution >= 4 is 23.5 Å². The maximum Gasteiger partial charge on any atom is 0.224 e. The van der Waals surface area contributed by atoms with E-state index in [0.29, 0.717) is 29.8 Å². The van der Waals surface area contributed by atoms with E-state index in [1.807, 2.05) is 18.2 Å². The number of halogens is 1. The van der Waals surface area contributed by atoms with Gasteiger partial charge in [-0.2, -0.15) is 0 Å². The molecule has 0 spiro atoms. The number of hydrogen-bond donors (Lipinski definition) is 3. The first-order valence-electron chi connectivity index (χ1n) is 7.91. The van der Waals surface area contributed by atoms with Gasteiger partial charge in [0.15, 0.2) is 17.7 Å². The van der Waals surface area contributed by atoms with Crippen LogP contribution in [0.4, 0.5) is 4.39 Å². The molecule has 0 atom stereocenters. The summed E-state index contributed by atoms with van der Waals surface area (Å²) in [6, 6.07) is 11.7. The number of benzene rings is 2. The fourth-order valence-electron chi connectivity index (χ4n) is 2.03. The highest BCUT2D eigenvalue weighted by molar-refractivity contribution is 7.80. The molecule has 0 aliphatic carbocycles. The summed E-state index contributed by atoms with van der Waals surface area (Å²) in [4.78, 5) is 0. The summed E-state index contributed by atoms with van der Waals surface area (Å²) in [6.07, 6.45) is 3.46. The van der Waals surface area contributed by atoms with Crippen LogP contribution in [0.25, 0.3) is 0 Å². The van der Waals surface area contributed by atoms with Crippen LogP contribution in [0.2, 0.25) is 0 Å². The van der Waals surface area contributed by atoms with E-state index in [0.717, 1.165) is 11.1 Å². The number of rotatable bonds is 8. The standard InChI is InChI=1S/C19H20FN3O2S/c1-3-10-21-19(26)23-22-12-15-6-9-17(18(11-15)24-2)25-13-14-4-7-16(20)8-5-14/h3-9,11-12H,1,10,13H2,2H3,(H2,21,23,26)/p+1. The summed E-state index contributed by atoms with van der Waals surface area (Å²) in [5, 5.41) is 6.30. The van der Waals surface area contributed by atoms with Crippen molar-refractivity contribution in [2.24, 2.45) is 0 Å². The van der Waals surface area contributed by atoms with Gasteiger partial charge in [-0.3, -0.25) is 0 Å². The van der Waals surface area contributed by atoms with Gasteiger partial charge in [-0.25, -0.2) is 4.39 Å². The molecule has 0 radical (unpaired) electrons. The number of hydrazine groups is 1. The molecule has 0 aliphatic rings. The maximum absolute atomic E-state index is 12.9. The van der Waals surface area contributed by atoms with Crippen LogP contribution in [0.3, 0.4) is 0 Å². The van der Waals surface area contributed by atoms with E-state index in [9.17, 15) is 4.39 Å². The second-order valence-corrected chi connectivity index (χ2v) is 5.65. The summed E-state index contributed by atoms with van der Waals surface area (Å²) in [6.45, 7) is 4.51. The van der Waals surface area contributed by atoms with E-state index in [1.165, 1.54) is 12.1 Å². The summed E-state index contributed by atoms with van der Waals surface area (Å²) in [5.41, 5.74) is 4.57. The van der Waals surface area contributed by atoms with Gasteiger partial charge in [-0.1, -0.05) is 18.2 Å². The molecule has 0 heterocycles. The lowest BCUT2D eigenvalue weighted by Crippen LogP contribution is -2.82. The molecule has 0 aliphatic heterocycles. The summed E-state index contributed by atoms with van der Waals surface area (Å²) in [5.74, 6) is 0.923. The Bertz CT molecular complexity index is 779. The maximum atomic E-state index is 12.9. The molecule has 7 heteroatoms. The molecule has 2 aromatic carbocycles. The van der Waals surface area contributed by atoms with Crippen molar-refractivity contribution in [3.63, 3.8) is 0 Å². The zero-order valence-corrected chi connectivity index (χ0v) is 15.2. The molecule has 3 N–H and O–H groups in total. The number of hydrogen-bond acceptors (Lipinski definition) is 3. The Kier molecular flexibility index (Phi) is 7.57. The first kappa shape index (κ1) is 19.4. The van der Waals surface area contributed by atoms with E-state index < -0.39 is 0 Å². The largest absolute Gasteiger partial charge is 0.493 e. The van der Waals surface area contributed by atoms with Gasteiger partial charge in [0, 0.05) is 12.1 Å². The van der Waals surface area contributed by atoms with Crippen LogP contribution in [0.5, 0.6) is 11.5 Å². The minimum absolute atomic E-state index is 0.272. The monoisotopic (exact) mass is 374 g/mol. The molecule has 0 bridgehead atoms. The lowest BCUT2D eigenvalue weighted by Gasteiger charge is -2.11. The van der Waals surface area contributed by atoms with Gasteiger partial charge in [0.25, 0.3) is 0 Å². The predicted octanol–water partition coefficient (Wildman–Crippen LogP) is 1.48. The number of methoxy groups -OCH3 is 1. The van der Waals surface area contributed by atoms with Crippen molar-refractivity contribution in [2.45, 2.75) is 6.61 Å². The van der Waals surface area contributed by atoms with E-state index in [4.69, 9.17) is 21.7 Å². The first-order valence-corrected chi connectivity index (χ1v) is 8.32. The average Bonchev–Trinajstić information content (AvgIpc) is 2.66. The zero-order valence-electron chi connectivity index (χ0n) is 14.4. The summed E-state index contributed by atoms with van der Waals surface area (Å²) in [7, 11) is 1.57. The van der Waals surface area contributed by atoms with Gasteiger partial charge >= 0.3 is 0 Å². The zero-order chi connectivity index (χ0) is 18.8. The van der Waals surface area contributed by atoms with Crippen LogP contribution in [0.1, 0.15) is 11.1 Å². The number of thiocarbonyl (C=S) groups is 1. The van der Waals surface area contributed by atoms with E-state index in [-0.39, 0.29) is 5.82 Å². The molecule has 136 valence electrons. The number of hydrazone groups is 1. The Morgan fingerprint density at radius 1 is 1.23 bits per heavy atom. The molecule has 0 amide bonds. The molecule has 0 aromatic heterocycles. The highest BCUT2D eigenvalue weighted by atomic mass is 32.1. The highest BCUT2D eigenvalue weighted by Gasteiger charge is 2.07. The van der Waals surface area contributed by atoms with Gasteiger partial charge < -0.3 is 14.8 Å². The second-order valence-electron chi connectivity index (χ2n) is 5.24. The van der Waals surface area contributed by atoms with Crippen molar-refractivity contribution in [2.75, 3.05) is 13.7 Å². The van der Waals surface area contributed by atoms with Gasteiger partial charge in [0.05, 0.1) is 7.11 Å². The third kappa shape index (κ3) is 6.18. The Balaban J connectivity index is 1.96. The van der Waals surface area contributed by atoms with Gasteiger partial charge in [-0.05, 0) is 48.1 Å². The normalized spacial score (nSPS) is 10.4. The Hall–Kier alpha value is -2.93. The van der Waals surface area contributed by atoms with Crippen LogP contribution in [0.15, 0.2) is 55.1 Å². The molecule has 5 nitrogen and oxygen atoms in total. The van der Waals surface area contributed by atoms with Crippen LogP contribution >= 0.6 is 12.2 Å². The second kappa shape index (κ2) is 10.1. The lowest BCUT2D eigenvalue weighted by molar-refractivity contribution is -0.500. The lowest BCUT2D eigenvalue weighted by atomic mass is 10.2. The van der Waals surface area contributed by atoms with Crippen LogP contribution in [-0.2, 0) is 6.61 Å². The molecule has 0 unspecified atom stereocenters. The van der Waals surface area contributed by atoms with Gasteiger partial charge in [0.1, 0.15) is 12.4 Å². The van der Waals surface area contributed by atoms with Crippen molar-refractivity contribution in [3.05, 3.63) is 72.1 Å². The molecule has 0 fully saturated rings. The SMILES string of the molecule is C=CCNC(=S)N[NH+]=Cc1ccc(OCc2ccc(F)cc2)c(OC)c1.